The maximum atomic E-state index is 6.20. The average molecular weight is 377 g/mol. The van der Waals surface area contributed by atoms with Crippen LogP contribution in [0, 0.1) is 29.6 Å². The Kier molecular flexibility index (Phi) is 9.50. The number of rotatable bonds is 9. The fraction of sp³-hybridized carbons (Fsp3) is 1.00. The van der Waals surface area contributed by atoms with Crippen LogP contribution in [-0.2, 0) is 4.74 Å². The molecule has 0 N–H and O–H groups in total. The van der Waals surface area contributed by atoms with Gasteiger partial charge in [-0.3, -0.25) is 0 Å². The second kappa shape index (κ2) is 11.8. The Morgan fingerprint density at radius 1 is 0.630 bits per heavy atom. The van der Waals surface area contributed by atoms with Crippen LogP contribution in [0.1, 0.15) is 123 Å². The van der Waals surface area contributed by atoms with Crippen molar-refractivity contribution in [1.29, 1.82) is 0 Å². The SMILES string of the molecule is CCCCO[C@@H]1CCC[C@H](C2CCC(C3CCC(CCCC)CC3)CC2)C1. The van der Waals surface area contributed by atoms with Crippen LogP contribution in [0.15, 0.2) is 0 Å². The quantitative estimate of drug-likeness (QED) is 0.369. The zero-order valence-electron chi connectivity index (χ0n) is 18.6. The van der Waals surface area contributed by atoms with E-state index >= 15 is 0 Å². The Morgan fingerprint density at radius 3 is 1.85 bits per heavy atom. The number of hydrogen-bond donors (Lipinski definition) is 0. The van der Waals surface area contributed by atoms with E-state index in [0.29, 0.717) is 6.10 Å². The lowest BCUT2D eigenvalue weighted by Gasteiger charge is -2.41. The summed E-state index contributed by atoms with van der Waals surface area (Å²) >= 11 is 0. The smallest absolute Gasteiger partial charge is 0.0577 e. The Hall–Kier alpha value is -0.0400. The first-order valence-corrected chi connectivity index (χ1v) is 12.9. The molecular weight excluding hydrogens is 328 g/mol. The van der Waals surface area contributed by atoms with E-state index in [1.807, 2.05) is 0 Å². The first-order chi connectivity index (χ1) is 13.3. The second-order valence-electron chi connectivity index (χ2n) is 10.4. The predicted octanol–water partition coefficient (Wildman–Crippen LogP) is 8.16. The topological polar surface area (TPSA) is 9.23 Å². The molecule has 0 aromatic heterocycles. The van der Waals surface area contributed by atoms with Crippen LogP contribution in [0.3, 0.4) is 0 Å². The predicted molar refractivity (Wildman–Crippen MR) is 117 cm³/mol. The molecule has 1 nitrogen and oxygen atoms in total. The first kappa shape index (κ1) is 21.7. The van der Waals surface area contributed by atoms with Crippen LogP contribution in [0.2, 0.25) is 0 Å². The maximum Gasteiger partial charge on any atom is 0.0577 e. The Morgan fingerprint density at radius 2 is 1.22 bits per heavy atom. The molecular formula is C26H48O. The third-order valence-corrected chi connectivity index (χ3v) is 8.53. The summed E-state index contributed by atoms with van der Waals surface area (Å²) in [6.45, 7) is 5.61. The summed E-state index contributed by atoms with van der Waals surface area (Å²) in [6.07, 6.45) is 25.4. The molecule has 0 amide bonds. The van der Waals surface area contributed by atoms with Crippen LogP contribution in [0.4, 0.5) is 0 Å². The third-order valence-electron chi connectivity index (χ3n) is 8.53. The molecule has 3 fully saturated rings. The van der Waals surface area contributed by atoms with Crippen LogP contribution >= 0.6 is 0 Å². The van der Waals surface area contributed by atoms with Crippen LogP contribution in [-0.4, -0.2) is 12.7 Å². The van der Waals surface area contributed by atoms with Gasteiger partial charge >= 0.3 is 0 Å². The minimum absolute atomic E-state index is 0.589. The summed E-state index contributed by atoms with van der Waals surface area (Å²) in [4.78, 5) is 0. The largest absolute Gasteiger partial charge is 0.378 e. The third kappa shape index (κ3) is 6.76. The molecule has 0 bridgehead atoms. The number of ether oxygens (including phenoxy) is 1. The van der Waals surface area contributed by atoms with Gasteiger partial charge in [0, 0.05) is 6.61 Å². The highest BCUT2D eigenvalue weighted by atomic mass is 16.5. The van der Waals surface area contributed by atoms with Crippen molar-refractivity contribution >= 4 is 0 Å². The van der Waals surface area contributed by atoms with Gasteiger partial charge in [-0.1, -0.05) is 58.8 Å². The lowest BCUT2D eigenvalue weighted by molar-refractivity contribution is -0.00500. The Balaban J connectivity index is 1.35. The van der Waals surface area contributed by atoms with E-state index in [9.17, 15) is 0 Å². The molecule has 0 unspecified atom stereocenters. The van der Waals surface area contributed by atoms with Gasteiger partial charge in [-0.05, 0) is 93.8 Å². The standard InChI is InChI=1S/C26H48O/c1-3-5-8-21-11-13-22(14-12-21)23-15-17-24(18-16-23)25-9-7-10-26(20-25)27-19-6-4-2/h21-26H,3-20H2,1-2H3/t21?,22?,23?,24?,25-,26+/m0/s1. The molecule has 27 heavy (non-hydrogen) atoms. The van der Waals surface area contributed by atoms with Gasteiger partial charge < -0.3 is 4.74 Å². The van der Waals surface area contributed by atoms with Gasteiger partial charge in [0.2, 0.25) is 0 Å². The van der Waals surface area contributed by atoms with Crippen molar-refractivity contribution in [2.24, 2.45) is 29.6 Å². The van der Waals surface area contributed by atoms with E-state index in [1.54, 1.807) is 38.5 Å². The lowest BCUT2D eigenvalue weighted by atomic mass is 9.65. The van der Waals surface area contributed by atoms with Crippen molar-refractivity contribution in [1.82, 2.24) is 0 Å². The normalized spacial score (nSPS) is 38.0. The molecule has 1 heteroatoms. The van der Waals surface area contributed by atoms with Crippen molar-refractivity contribution in [2.75, 3.05) is 6.61 Å². The van der Waals surface area contributed by atoms with Crippen molar-refractivity contribution in [2.45, 2.75) is 129 Å². The number of hydrogen-bond acceptors (Lipinski definition) is 1. The van der Waals surface area contributed by atoms with E-state index in [2.05, 4.69) is 13.8 Å². The molecule has 3 aliphatic rings. The minimum Gasteiger partial charge on any atom is -0.378 e. The molecule has 0 heterocycles. The number of unbranched alkanes of at least 4 members (excludes halogenated alkanes) is 2. The van der Waals surface area contributed by atoms with E-state index in [4.69, 9.17) is 4.74 Å². The molecule has 3 saturated carbocycles. The van der Waals surface area contributed by atoms with Gasteiger partial charge in [0.1, 0.15) is 0 Å². The van der Waals surface area contributed by atoms with Gasteiger partial charge in [-0.15, -0.1) is 0 Å². The van der Waals surface area contributed by atoms with Gasteiger partial charge in [-0.2, -0.15) is 0 Å². The van der Waals surface area contributed by atoms with Crippen LogP contribution in [0.5, 0.6) is 0 Å². The molecule has 0 radical (unpaired) electrons. The van der Waals surface area contributed by atoms with Gasteiger partial charge in [0.25, 0.3) is 0 Å². The molecule has 3 aliphatic carbocycles. The van der Waals surface area contributed by atoms with Crippen molar-refractivity contribution < 1.29 is 4.74 Å². The maximum absolute atomic E-state index is 6.20. The zero-order chi connectivity index (χ0) is 18.9. The fourth-order valence-corrected chi connectivity index (χ4v) is 6.68. The highest BCUT2D eigenvalue weighted by molar-refractivity contribution is 4.86. The van der Waals surface area contributed by atoms with Crippen molar-refractivity contribution in [3.05, 3.63) is 0 Å². The van der Waals surface area contributed by atoms with Crippen LogP contribution < -0.4 is 0 Å². The minimum atomic E-state index is 0.589. The highest BCUT2D eigenvalue weighted by Crippen LogP contribution is 2.46. The van der Waals surface area contributed by atoms with Crippen molar-refractivity contribution in [3.63, 3.8) is 0 Å². The lowest BCUT2D eigenvalue weighted by Crippen LogP contribution is -2.32. The molecule has 158 valence electrons. The van der Waals surface area contributed by atoms with E-state index in [0.717, 1.165) is 36.2 Å². The molecule has 3 rings (SSSR count). The molecule has 0 aromatic carbocycles. The van der Waals surface area contributed by atoms with Gasteiger partial charge in [-0.25, -0.2) is 0 Å². The summed E-state index contributed by atoms with van der Waals surface area (Å²) in [6, 6.07) is 0. The molecule has 0 spiro atoms. The van der Waals surface area contributed by atoms with E-state index < -0.39 is 0 Å². The van der Waals surface area contributed by atoms with E-state index in [-0.39, 0.29) is 0 Å². The first-order valence-electron chi connectivity index (χ1n) is 12.9. The summed E-state index contributed by atoms with van der Waals surface area (Å²) in [5, 5.41) is 0. The summed E-state index contributed by atoms with van der Waals surface area (Å²) in [7, 11) is 0. The van der Waals surface area contributed by atoms with Crippen molar-refractivity contribution in [3.8, 4) is 0 Å². The van der Waals surface area contributed by atoms with Gasteiger partial charge in [0.05, 0.1) is 6.10 Å². The fourth-order valence-electron chi connectivity index (χ4n) is 6.68. The van der Waals surface area contributed by atoms with Crippen LogP contribution in [0.25, 0.3) is 0 Å². The van der Waals surface area contributed by atoms with Gasteiger partial charge in [0.15, 0.2) is 0 Å². The molecule has 0 aromatic rings. The molecule has 0 saturated heterocycles. The summed E-state index contributed by atoms with van der Waals surface area (Å²) in [5.41, 5.74) is 0. The van der Waals surface area contributed by atoms with E-state index in [1.165, 1.54) is 70.6 Å². The monoisotopic (exact) mass is 376 g/mol. The zero-order valence-corrected chi connectivity index (χ0v) is 18.6. The average Bonchev–Trinajstić information content (AvgIpc) is 2.73. The molecule has 0 aliphatic heterocycles. The summed E-state index contributed by atoms with van der Waals surface area (Å²) < 4.78 is 6.20. The summed E-state index contributed by atoms with van der Waals surface area (Å²) in [5.74, 6) is 5.24. The Labute approximate surface area is 170 Å². The highest BCUT2D eigenvalue weighted by Gasteiger charge is 2.35. The second-order valence-corrected chi connectivity index (χ2v) is 10.4. The molecule has 2 atom stereocenters. The Bertz CT molecular complexity index is 376.